The SMILES string of the molecule is O=C(CCC1CCCC1)NCC(O)c1ccc(Cl)cc1. The third-order valence-corrected chi connectivity index (χ3v) is 4.25. The van der Waals surface area contributed by atoms with Gasteiger partial charge in [-0.2, -0.15) is 0 Å². The first kappa shape index (κ1) is 15.3. The summed E-state index contributed by atoms with van der Waals surface area (Å²) in [6, 6.07) is 7.03. The fourth-order valence-electron chi connectivity index (χ4n) is 2.74. The van der Waals surface area contributed by atoms with E-state index >= 15 is 0 Å². The van der Waals surface area contributed by atoms with Crippen molar-refractivity contribution >= 4 is 17.5 Å². The molecule has 1 aromatic rings. The van der Waals surface area contributed by atoms with Crippen molar-refractivity contribution in [1.82, 2.24) is 5.32 Å². The number of aliphatic hydroxyl groups excluding tert-OH is 1. The van der Waals surface area contributed by atoms with Gasteiger partial charge in [0.15, 0.2) is 0 Å². The van der Waals surface area contributed by atoms with Gasteiger partial charge >= 0.3 is 0 Å². The molecule has 0 saturated heterocycles. The molecule has 4 heteroatoms. The van der Waals surface area contributed by atoms with Gasteiger partial charge in [0.05, 0.1) is 6.10 Å². The average molecular weight is 296 g/mol. The zero-order valence-electron chi connectivity index (χ0n) is 11.6. The highest BCUT2D eigenvalue weighted by atomic mass is 35.5. The van der Waals surface area contributed by atoms with E-state index < -0.39 is 6.10 Å². The van der Waals surface area contributed by atoms with Gasteiger partial charge in [0.2, 0.25) is 5.91 Å². The van der Waals surface area contributed by atoms with Crippen molar-refractivity contribution in [2.75, 3.05) is 6.54 Å². The minimum atomic E-state index is -0.678. The molecule has 1 aliphatic carbocycles. The minimum Gasteiger partial charge on any atom is -0.387 e. The van der Waals surface area contributed by atoms with Crippen LogP contribution in [0.25, 0.3) is 0 Å². The second-order valence-electron chi connectivity index (χ2n) is 5.56. The standard InChI is InChI=1S/C16H22ClNO2/c17-14-8-6-13(7-9-14)15(19)11-18-16(20)10-5-12-3-1-2-4-12/h6-9,12,15,19H,1-5,10-11H2,(H,18,20). The Morgan fingerprint density at radius 2 is 1.95 bits per heavy atom. The number of carbonyl (C=O) groups is 1. The molecule has 1 atom stereocenters. The first-order valence-corrected chi connectivity index (χ1v) is 7.73. The Morgan fingerprint density at radius 3 is 2.60 bits per heavy atom. The van der Waals surface area contributed by atoms with E-state index in [1.165, 1.54) is 25.7 Å². The highest BCUT2D eigenvalue weighted by Crippen LogP contribution is 2.28. The first-order valence-electron chi connectivity index (χ1n) is 7.35. The molecule has 2 N–H and O–H groups in total. The van der Waals surface area contributed by atoms with E-state index in [4.69, 9.17) is 11.6 Å². The van der Waals surface area contributed by atoms with Crippen molar-refractivity contribution in [1.29, 1.82) is 0 Å². The van der Waals surface area contributed by atoms with E-state index in [0.717, 1.165) is 17.9 Å². The lowest BCUT2D eigenvalue weighted by Gasteiger charge is -2.13. The lowest BCUT2D eigenvalue weighted by Crippen LogP contribution is -2.28. The van der Waals surface area contributed by atoms with Crippen LogP contribution in [0, 0.1) is 5.92 Å². The lowest BCUT2D eigenvalue weighted by molar-refractivity contribution is -0.121. The largest absolute Gasteiger partial charge is 0.387 e. The third kappa shape index (κ3) is 4.80. The van der Waals surface area contributed by atoms with Crippen LogP contribution < -0.4 is 5.32 Å². The molecule has 1 amide bonds. The summed E-state index contributed by atoms with van der Waals surface area (Å²) < 4.78 is 0. The molecule has 1 aromatic carbocycles. The summed E-state index contributed by atoms with van der Waals surface area (Å²) in [5.74, 6) is 0.756. The van der Waals surface area contributed by atoms with E-state index in [0.29, 0.717) is 11.4 Å². The fraction of sp³-hybridized carbons (Fsp3) is 0.562. The summed E-state index contributed by atoms with van der Waals surface area (Å²) >= 11 is 5.80. The predicted molar refractivity (Wildman–Crippen MR) is 80.6 cm³/mol. The summed E-state index contributed by atoms with van der Waals surface area (Å²) in [6.07, 6.45) is 6.01. The molecule has 0 radical (unpaired) electrons. The molecule has 3 nitrogen and oxygen atoms in total. The van der Waals surface area contributed by atoms with Crippen molar-refractivity contribution in [3.05, 3.63) is 34.9 Å². The number of hydrogen-bond acceptors (Lipinski definition) is 2. The number of halogens is 1. The minimum absolute atomic E-state index is 0.0323. The van der Waals surface area contributed by atoms with Gasteiger partial charge in [-0.15, -0.1) is 0 Å². The maximum absolute atomic E-state index is 11.7. The highest BCUT2D eigenvalue weighted by molar-refractivity contribution is 6.30. The van der Waals surface area contributed by atoms with E-state index in [2.05, 4.69) is 5.32 Å². The second-order valence-corrected chi connectivity index (χ2v) is 6.00. The van der Waals surface area contributed by atoms with E-state index in [9.17, 15) is 9.90 Å². The van der Waals surface area contributed by atoms with E-state index in [1.54, 1.807) is 24.3 Å². The first-order chi connectivity index (χ1) is 9.65. The normalized spacial score (nSPS) is 17.1. The molecule has 1 aliphatic rings. The molecule has 110 valence electrons. The van der Waals surface area contributed by atoms with Gasteiger partial charge in [-0.05, 0) is 30.0 Å². The molecule has 0 aliphatic heterocycles. The van der Waals surface area contributed by atoms with E-state index in [-0.39, 0.29) is 12.5 Å². The Kier molecular flexibility index (Phi) is 5.86. The van der Waals surface area contributed by atoms with Gasteiger partial charge in [-0.3, -0.25) is 4.79 Å². The Hall–Kier alpha value is -1.06. The number of aliphatic hydroxyl groups is 1. The molecule has 0 bridgehead atoms. The zero-order chi connectivity index (χ0) is 14.4. The average Bonchev–Trinajstić information content (AvgIpc) is 2.96. The number of nitrogens with one attached hydrogen (secondary N) is 1. The van der Waals surface area contributed by atoms with Crippen LogP contribution in [-0.4, -0.2) is 17.6 Å². The number of carbonyl (C=O) groups excluding carboxylic acids is 1. The van der Waals surface area contributed by atoms with E-state index in [1.807, 2.05) is 0 Å². The van der Waals surface area contributed by atoms with Crippen molar-refractivity contribution in [2.45, 2.75) is 44.6 Å². The summed E-state index contributed by atoms with van der Waals surface area (Å²) in [4.78, 5) is 11.7. The van der Waals surface area contributed by atoms with Gasteiger partial charge in [0.1, 0.15) is 0 Å². The molecule has 2 rings (SSSR count). The van der Waals surface area contributed by atoms with Crippen molar-refractivity contribution in [2.24, 2.45) is 5.92 Å². The Morgan fingerprint density at radius 1 is 1.30 bits per heavy atom. The number of rotatable bonds is 6. The van der Waals surface area contributed by atoms with Gasteiger partial charge in [-0.25, -0.2) is 0 Å². The lowest BCUT2D eigenvalue weighted by atomic mass is 10.0. The predicted octanol–water partition coefficient (Wildman–Crippen LogP) is 3.46. The molecule has 1 saturated carbocycles. The molecule has 0 spiro atoms. The summed E-state index contributed by atoms with van der Waals surface area (Å²) in [5.41, 5.74) is 0.769. The van der Waals surface area contributed by atoms with Crippen molar-refractivity contribution in [3.8, 4) is 0 Å². The quantitative estimate of drug-likeness (QED) is 0.844. The van der Waals surface area contributed by atoms with Crippen LogP contribution >= 0.6 is 11.6 Å². The van der Waals surface area contributed by atoms with Gasteiger partial charge in [0, 0.05) is 18.0 Å². The molecule has 1 fully saturated rings. The summed E-state index contributed by atoms with van der Waals surface area (Å²) in [7, 11) is 0. The van der Waals surface area contributed by atoms with Crippen LogP contribution in [-0.2, 0) is 4.79 Å². The molecule has 1 unspecified atom stereocenters. The van der Waals surface area contributed by atoms with Crippen LogP contribution in [0.15, 0.2) is 24.3 Å². The maximum Gasteiger partial charge on any atom is 0.220 e. The van der Waals surface area contributed by atoms with Gasteiger partial charge in [0.25, 0.3) is 0 Å². The van der Waals surface area contributed by atoms with Crippen LogP contribution in [0.5, 0.6) is 0 Å². The van der Waals surface area contributed by atoms with Crippen molar-refractivity contribution < 1.29 is 9.90 Å². The Balaban J connectivity index is 1.68. The van der Waals surface area contributed by atoms with Crippen molar-refractivity contribution in [3.63, 3.8) is 0 Å². The summed E-state index contributed by atoms with van der Waals surface area (Å²) in [5, 5.41) is 13.4. The highest BCUT2D eigenvalue weighted by Gasteiger charge is 2.16. The second kappa shape index (κ2) is 7.65. The Bertz CT molecular complexity index is 427. The zero-order valence-corrected chi connectivity index (χ0v) is 12.4. The third-order valence-electron chi connectivity index (χ3n) is 4.00. The smallest absolute Gasteiger partial charge is 0.220 e. The van der Waals surface area contributed by atoms with Crippen LogP contribution in [0.3, 0.4) is 0 Å². The molecular weight excluding hydrogens is 274 g/mol. The fourth-order valence-corrected chi connectivity index (χ4v) is 2.86. The number of amides is 1. The summed E-state index contributed by atoms with van der Waals surface area (Å²) in [6.45, 7) is 0.255. The van der Waals surface area contributed by atoms with Crippen LogP contribution in [0.2, 0.25) is 5.02 Å². The molecule has 0 heterocycles. The molecule has 0 aromatic heterocycles. The maximum atomic E-state index is 11.7. The van der Waals surface area contributed by atoms with Crippen LogP contribution in [0.4, 0.5) is 0 Å². The molecular formula is C16H22ClNO2. The van der Waals surface area contributed by atoms with Gasteiger partial charge in [-0.1, -0.05) is 49.4 Å². The van der Waals surface area contributed by atoms with Crippen LogP contribution in [0.1, 0.15) is 50.2 Å². The number of hydrogen-bond donors (Lipinski definition) is 2. The topological polar surface area (TPSA) is 49.3 Å². The monoisotopic (exact) mass is 295 g/mol. The van der Waals surface area contributed by atoms with Gasteiger partial charge < -0.3 is 10.4 Å². The molecule has 20 heavy (non-hydrogen) atoms. The number of benzene rings is 1. The Labute approximate surface area is 125 Å².